The van der Waals surface area contributed by atoms with Gasteiger partial charge in [0.2, 0.25) is 5.88 Å². The van der Waals surface area contributed by atoms with Gasteiger partial charge < -0.3 is 8.83 Å². The summed E-state index contributed by atoms with van der Waals surface area (Å²) in [6.45, 7) is 0. The smallest absolute Gasteiger partial charge is 0.299 e. The number of hydrogen-bond acceptors (Lipinski definition) is 6. The summed E-state index contributed by atoms with van der Waals surface area (Å²) in [5.41, 5.74) is 12.0. The molecule has 0 saturated carbocycles. The predicted octanol–water partition coefficient (Wildman–Crippen LogP) is 8.93. The number of pyridine rings is 1. The predicted molar refractivity (Wildman–Crippen MR) is 152 cm³/mol. The lowest BCUT2D eigenvalue weighted by atomic mass is 9.84. The molecule has 0 atom stereocenters. The van der Waals surface area contributed by atoms with E-state index < -0.39 is 0 Å². The molecule has 5 nitrogen and oxygen atoms in total. The molecular formula is C32H21N3O2S. The van der Waals surface area contributed by atoms with Crippen molar-refractivity contribution in [1.29, 1.82) is 0 Å². The van der Waals surface area contributed by atoms with Crippen molar-refractivity contribution in [2.45, 2.75) is 12.8 Å². The van der Waals surface area contributed by atoms with Gasteiger partial charge >= 0.3 is 0 Å². The molecule has 0 saturated heterocycles. The number of hydrogen-bond donors (Lipinski definition) is 0. The number of thiazole rings is 1. The van der Waals surface area contributed by atoms with Gasteiger partial charge in [0.25, 0.3) is 5.78 Å². The molecule has 1 aliphatic rings. The monoisotopic (exact) mass is 511 g/mol. The van der Waals surface area contributed by atoms with Crippen LogP contribution in [-0.4, -0.2) is 9.97 Å². The Morgan fingerprint density at radius 1 is 0.763 bits per heavy atom. The summed E-state index contributed by atoms with van der Waals surface area (Å²) >= 11 is 1.69. The van der Waals surface area contributed by atoms with Crippen molar-refractivity contribution in [3.8, 4) is 22.4 Å². The second-order valence-corrected chi connectivity index (χ2v) is 10.3. The number of para-hydroxylation sites is 1. The van der Waals surface area contributed by atoms with Crippen LogP contribution < -0.4 is 4.90 Å². The first kappa shape index (κ1) is 21.4. The van der Waals surface area contributed by atoms with E-state index in [4.69, 9.17) is 13.8 Å². The maximum atomic E-state index is 6.33. The van der Waals surface area contributed by atoms with Gasteiger partial charge in [0.05, 0.1) is 32.4 Å². The van der Waals surface area contributed by atoms with Gasteiger partial charge in [-0.3, -0.25) is 9.88 Å². The van der Waals surface area contributed by atoms with Crippen LogP contribution in [0.1, 0.15) is 11.1 Å². The molecule has 0 aliphatic heterocycles. The van der Waals surface area contributed by atoms with E-state index in [0.717, 1.165) is 46.4 Å². The average Bonchev–Trinajstić information content (AvgIpc) is 3.70. The molecule has 4 aromatic heterocycles. The highest BCUT2D eigenvalue weighted by molar-refractivity contribution is 7.16. The van der Waals surface area contributed by atoms with Crippen LogP contribution in [0.15, 0.2) is 112 Å². The number of rotatable bonds is 4. The zero-order valence-electron chi connectivity index (χ0n) is 20.3. The molecule has 4 heterocycles. The maximum absolute atomic E-state index is 6.33. The van der Waals surface area contributed by atoms with Gasteiger partial charge in [0.15, 0.2) is 0 Å². The Bertz CT molecular complexity index is 1940. The SMILES string of the molecule is c1ccc(N(c2ccc3c(c2)-c2c(ccc4scnc24)CC3)c2cc3c(-c4ccccn4)coc3o2)cc1. The lowest BCUT2D eigenvalue weighted by Gasteiger charge is -2.26. The maximum Gasteiger partial charge on any atom is 0.299 e. The van der Waals surface area contributed by atoms with Crippen molar-refractivity contribution in [2.24, 2.45) is 0 Å². The summed E-state index contributed by atoms with van der Waals surface area (Å²) in [7, 11) is 0. The van der Waals surface area contributed by atoms with Crippen LogP contribution >= 0.6 is 11.3 Å². The molecular weight excluding hydrogens is 490 g/mol. The molecule has 0 amide bonds. The fraction of sp³-hybridized carbons (Fsp3) is 0.0625. The molecule has 38 heavy (non-hydrogen) atoms. The lowest BCUT2D eigenvalue weighted by molar-refractivity contribution is 0.483. The minimum Gasteiger partial charge on any atom is -0.433 e. The zero-order chi connectivity index (χ0) is 25.1. The van der Waals surface area contributed by atoms with Crippen LogP contribution in [0.4, 0.5) is 17.3 Å². The topological polar surface area (TPSA) is 55.3 Å². The van der Waals surface area contributed by atoms with Gasteiger partial charge in [-0.25, -0.2) is 4.98 Å². The Hall–Kier alpha value is -4.68. The largest absolute Gasteiger partial charge is 0.433 e. The summed E-state index contributed by atoms with van der Waals surface area (Å²) in [5.74, 6) is 1.17. The van der Waals surface area contributed by atoms with Crippen molar-refractivity contribution in [3.05, 3.63) is 114 Å². The molecule has 3 aromatic carbocycles. The van der Waals surface area contributed by atoms with Crippen LogP contribution in [0.5, 0.6) is 0 Å². The van der Waals surface area contributed by atoms with E-state index >= 15 is 0 Å². The van der Waals surface area contributed by atoms with E-state index in [1.54, 1.807) is 23.8 Å². The Balaban J connectivity index is 1.32. The standard InChI is InChI=1S/C32H21N3O2S/c1-2-6-22(7-3-1)35(29-17-25-26(18-36-32(25)37-29)27-8-4-5-15-33-27)23-13-11-20-9-10-21-12-14-28-31(34-19-38-28)30(21)24(20)16-23/h1-8,11-19H,9-10H2. The average molecular weight is 512 g/mol. The van der Waals surface area contributed by atoms with E-state index in [2.05, 4.69) is 52.3 Å². The van der Waals surface area contributed by atoms with E-state index in [9.17, 15) is 0 Å². The van der Waals surface area contributed by atoms with Crippen molar-refractivity contribution >= 4 is 50.0 Å². The van der Waals surface area contributed by atoms with E-state index in [0.29, 0.717) is 11.7 Å². The quantitative estimate of drug-likeness (QED) is 0.236. The molecule has 0 bridgehead atoms. The van der Waals surface area contributed by atoms with E-state index in [1.807, 2.05) is 48.0 Å². The van der Waals surface area contributed by atoms with Crippen LogP contribution in [0.2, 0.25) is 0 Å². The first-order valence-corrected chi connectivity index (χ1v) is 13.5. The van der Waals surface area contributed by atoms with E-state index in [1.165, 1.54) is 27.0 Å². The molecule has 8 rings (SSSR count). The number of furan rings is 2. The first-order chi connectivity index (χ1) is 18.8. The Morgan fingerprint density at radius 2 is 1.63 bits per heavy atom. The highest BCUT2D eigenvalue weighted by Gasteiger charge is 2.25. The zero-order valence-corrected chi connectivity index (χ0v) is 21.1. The molecule has 0 unspecified atom stereocenters. The van der Waals surface area contributed by atoms with Crippen molar-refractivity contribution in [2.75, 3.05) is 4.90 Å². The number of aryl methyl sites for hydroxylation is 2. The highest BCUT2D eigenvalue weighted by Crippen LogP contribution is 2.45. The van der Waals surface area contributed by atoms with Crippen LogP contribution in [0.25, 0.3) is 43.8 Å². The molecule has 182 valence electrons. The Labute approximate surface area is 222 Å². The van der Waals surface area contributed by atoms with Gasteiger partial charge in [-0.1, -0.05) is 36.4 Å². The summed E-state index contributed by atoms with van der Waals surface area (Å²) in [4.78, 5) is 11.4. The van der Waals surface area contributed by atoms with Crippen molar-refractivity contribution < 1.29 is 8.83 Å². The molecule has 0 fully saturated rings. The second kappa shape index (κ2) is 8.43. The number of anilines is 3. The van der Waals surface area contributed by atoms with Crippen LogP contribution in [-0.2, 0) is 12.8 Å². The highest BCUT2D eigenvalue weighted by atomic mass is 32.1. The number of nitrogens with zero attached hydrogens (tertiary/aromatic N) is 3. The van der Waals surface area contributed by atoms with Crippen LogP contribution in [0, 0.1) is 0 Å². The molecule has 0 N–H and O–H groups in total. The van der Waals surface area contributed by atoms with E-state index in [-0.39, 0.29) is 0 Å². The lowest BCUT2D eigenvalue weighted by Crippen LogP contribution is -2.11. The summed E-state index contributed by atoms with van der Waals surface area (Å²) in [6.07, 6.45) is 5.55. The van der Waals surface area contributed by atoms with Crippen molar-refractivity contribution in [1.82, 2.24) is 9.97 Å². The fourth-order valence-corrected chi connectivity index (χ4v) is 6.21. The summed E-state index contributed by atoms with van der Waals surface area (Å²) < 4.78 is 13.4. The first-order valence-electron chi connectivity index (χ1n) is 12.6. The number of aromatic nitrogens is 2. The molecule has 0 radical (unpaired) electrons. The molecule has 7 aromatic rings. The number of benzene rings is 3. The Morgan fingerprint density at radius 3 is 2.53 bits per heavy atom. The molecule has 0 spiro atoms. The molecule has 6 heteroatoms. The molecule has 1 aliphatic carbocycles. The fourth-order valence-electron chi connectivity index (χ4n) is 5.53. The van der Waals surface area contributed by atoms with Gasteiger partial charge in [0.1, 0.15) is 6.26 Å². The summed E-state index contributed by atoms with van der Waals surface area (Å²) in [5, 5.41) is 0.895. The van der Waals surface area contributed by atoms with Gasteiger partial charge in [-0.15, -0.1) is 11.3 Å². The normalized spacial score (nSPS) is 12.5. The summed E-state index contributed by atoms with van der Waals surface area (Å²) in [6, 6.07) is 29.4. The second-order valence-electron chi connectivity index (χ2n) is 9.46. The number of fused-ring (bicyclic) bond motifs is 6. The van der Waals surface area contributed by atoms with Crippen molar-refractivity contribution in [3.63, 3.8) is 0 Å². The van der Waals surface area contributed by atoms with Crippen LogP contribution in [0.3, 0.4) is 0 Å². The third-order valence-electron chi connectivity index (χ3n) is 7.31. The minimum atomic E-state index is 0.481. The third-order valence-corrected chi connectivity index (χ3v) is 8.10. The Kier molecular flexibility index (Phi) is 4.75. The van der Waals surface area contributed by atoms with Gasteiger partial charge in [-0.2, -0.15) is 0 Å². The minimum absolute atomic E-state index is 0.481. The van der Waals surface area contributed by atoms with Gasteiger partial charge in [-0.05, 0) is 72.0 Å². The third kappa shape index (κ3) is 3.31. The van der Waals surface area contributed by atoms with Gasteiger partial charge in [0, 0.05) is 29.2 Å².